The van der Waals surface area contributed by atoms with Crippen LogP contribution in [0.25, 0.3) is 0 Å². The number of nitrogens with one attached hydrogen (secondary N) is 2. The van der Waals surface area contributed by atoms with Crippen LogP contribution in [0.4, 0.5) is 22.7 Å². The molecule has 0 aliphatic carbocycles. The highest BCUT2D eigenvalue weighted by Crippen LogP contribution is 2.29. The van der Waals surface area contributed by atoms with Crippen LogP contribution in [-0.4, -0.2) is 55.6 Å². The third kappa shape index (κ3) is 7.02. The van der Waals surface area contributed by atoms with Crippen molar-refractivity contribution in [1.82, 2.24) is 0 Å². The first-order valence-corrected chi connectivity index (χ1v) is 11.4. The summed E-state index contributed by atoms with van der Waals surface area (Å²) in [5, 5.41) is 46.2. The normalized spacial score (nSPS) is 12.4. The van der Waals surface area contributed by atoms with Crippen molar-refractivity contribution in [3.05, 3.63) is 68.8 Å². The van der Waals surface area contributed by atoms with Gasteiger partial charge in [-0.1, -0.05) is 45.9 Å². The Morgan fingerprint density at radius 2 is 1.12 bits per heavy atom. The van der Waals surface area contributed by atoms with E-state index in [1.807, 2.05) is 0 Å². The van der Waals surface area contributed by atoms with E-state index in [-0.39, 0.29) is 34.3 Å². The maximum Gasteiger partial charge on any atom is 0.327 e. The summed E-state index contributed by atoms with van der Waals surface area (Å²) >= 11 is 0. The largest absolute Gasteiger partial charge is 0.480 e. The van der Waals surface area contributed by atoms with E-state index in [1.54, 1.807) is 0 Å². The Morgan fingerprint density at radius 1 is 0.781 bits per heavy atom. The highest BCUT2D eigenvalue weighted by atomic mass is 33.1. The van der Waals surface area contributed by atoms with Gasteiger partial charge in [0.15, 0.2) is 0 Å². The fraction of sp³-hybridized carbons (Fsp3) is 0.222. The van der Waals surface area contributed by atoms with Gasteiger partial charge in [0.1, 0.15) is 23.5 Å². The summed E-state index contributed by atoms with van der Waals surface area (Å²) in [5.41, 5.74) is -0.430. The minimum Gasteiger partial charge on any atom is -0.480 e. The number of hydrogen-bond donors (Lipinski definition) is 4. The molecular weight excluding hydrogens is 464 g/mol. The smallest absolute Gasteiger partial charge is 0.327 e. The first kappa shape index (κ1) is 24.7. The molecule has 0 spiro atoms. The molecule has 1 unspecified atom stereocenters. The molecule has 0 aliphatic rings. The van der Waals surface area contributed by atoms with E-state index in [0.717, 1.165) is 21.6 Å². The van der Waals surface area contributed by atoms with Gasteiger partial charge in [-0.2, -0.15) is 0 Å². The van der Waals surface area contributed by atoms with Crippen LogP contribution in [-0.2, 0) is 9.59 Å². The minimum atomic E-state index is -1.23. The molecule has 0 saturated carbocycles. The number of carboxylic acids is 2. The molecule has 0 radical (unpaired) electrons. The van der Waals surface area contributed by atoms with Crippen LogP contribution in [0, 0.1) is 20.2 Å². The molecule has 0 fully saturated rings. The number of nitro groups is 2. The summed E-state index contributed by atoms with van der Waals surface area (Å²) in [4.78, 5) is 44.0. The average Bonchev–Trinajstić information content (AvgIpc) is 2.74. The molecule has 0 heterocycles. The summed E-state index contributed by atoms with van der Waals surface area (Å²) in [6.07, 6.45) is 0. The highest BCUT2D eigenvalue weighted by Gasteiger charge is 2.24. The topological polar surface area (TPSA) is 185 Å². The van der Waals surface area contributed by atoms with Gasteiger partial charge in [0.05, 0.1) is 9.85 Å². The third-order valence-corrected chi connectivity index (χ3v) is 6.43. The van der Waals surface area contributed by atoms with Crippen LogP contribution in [0.3, 0.4) is 0 Å². The Labute approximate surface area is 189 Å². The molecule has 0 aromatic heterocycles. The van der Waals surface area contributed by atoms with Gasteiger partial charge in [0.2, 0.25) is 0 Å². The maximum atomic E-state index is 11.5. The first-order chi connectivity index (χ1) is 15.2. The second-order valence-corrected chi connectivity index (χ2v) is 8.74. The van der Waals surface area contributed by atoms with Crippen LogP contribution in [0.1, 0.15) is 0 Å². The van der Waals surface area contributed by atoms with Crippen LogP contribution in [0.2, 0.25) is 0 Å². The maximum absolute atomic E-state index is 11.5. The van der Waals surface area contributed by atoms with Gasteiger partial charge >= 0.3 is 11.9 Å². The second kappa shape index (κ2) is 11.8. The van der Waals surface area contributed by atoms with Gasteiger partial charge in [-0.25, -0.2) is 9.59 Å². The summed E-state index contributed by atoms with van der Waals surface area (Å²) in [7, 11) is 2.11. The highest BCUT2D eigenvalue weighted by molar-refractivity contribution is 8.76. The minimum absolute atomic E-state index is 0.0239. The molecular formula is C18H18N4O8S2. The molecule has 170 valence electrons. The number of benzene rings is 2. The number of anilines is 2. The Morgan fingerprint density at radius 3 is 1.44 bits per heavy atom. The van der Waals surface area contributed by atoms with E-state index in [0.29, 0.717) is 0 Å². The van der Waals surface area contributed by atoms with Gasteiger partial charge in [-0.3, -0.25) is 20.2 Å². The first-order valence-electron chi connectivity index (χ1n) is 8.90. The van der Waals surface area contributed by atoms with E-state index in [9.17, 15) is 40.0 Å². The molecule has 0 bridgehead atoms. The van der Waals surface area contributed by atoms with E-state index in [1.165, 1.54) is 48.5 Å². The quantitative estimate of drug-likeness (QED) is 0.141. The molecule has 2 atom stereocenters. The summed E-state index contributed by atoms with van der Waals surface area (Å²) in [6, 6.07) is 8.92. The molecule has 0 aliphatic heterocycles. The van der Waals surface area contributed by atoms with E-state index in [2.05, 4.69) is 10.6 Å². The Bertz CT molecular complexity index is 927. The van der Waals surface area contributed by atoms with Crippen LogP contribution in [0.5, 0.6) is 0 Å². The molecule has 12 nitrogen and oxygen atoms in total. The fourth-order valence-corrected chi connectivity index (χ4v) is 4.78. The molecule has 0 saturated heterocycles. The zero-order valence-corrected chi connectivity index (χ0v) is 17.9. The van der Waals surface area contributed by atoms with Gasteiger partial charge < -0.3 is 20.8 Å². The van der Waals surface area contributed by atoms with Crippen molar-refractivity contribution < 1.29 is 29.6 Å². The van der Waals surface area contributed by atoms with Crippen LogP contribution >= 0.6 is 21.6 Å². The van der Waals surface area contributed by atoms with Gasteiger partial charge in [-0.15, -0.1) is 0 Å². The van der Waals surface area contributed by atoms with Crippen molar-refractivity contribution in [1.29, 1.82) is 0 Å². The monoisotopic (exact) mass is 482 g/mol. The number of carboxylic acid groups (broad SMARTS) is 2. The second-order valence-electron chi connectivity index (χ2n) is 6.19. The number of carbonyl (C=O) groups is 2. The summed E-state index contributed by atoms with van der Waals surface area (Å²) in [5.74, 6) is -2.51. The zero-order chi connectivity index (χ0) is 23.7. The number of nitro benzene ring substituents is 2. The van der Waals surface area contributed by atoms with Crippen LogP contribution in [0.15, 0.2) is 48.5 Å². The predicted molar refractivity (Wildman–Crippen MR) is 121 cm³/mol. The SMILES string of the molecule is O=C(O)C(CSSC[C@@H](Nc1ccccc1[N+](=O)[O-])C(=O)O)Nc1ccccc1[N+](=O)[O-]. The van der Waals surface area contributed by atoms with Crippen molar-refractivity contribution >= 4 is 56.3 Å². The third-order valence-electron chi connectivity index (χ3n) is 4.01. The number of para-hydroxylation sites is 4. The molecule has 2 rings (SSSR count). The lowest BCUT2D eigenvalue weighted by Crippen LogP contribution is -2.33. The standard InChI is InChI=1S/C18H18N4O8S2/c23-17(24)13(19-11-5-1-3-7-15(11)21(27)28)9-31-32-10-14(18(25)26)20-12-6-2-4-8-16(12)22(29)30/h1-8,13-14,19-20H,9-10H2,(H,23,24)(H,25,26)/t13-,14?/m1/s1. The molecule has 2 aromatic rings. The molecule has 14 heteroatoms. The molecule has 0 amide bonds. The zero-order valence-electron chi connectivity index (χ0n) is 16.2. The number of nitrogens with zero attached hydrogens (tertiary/aromatic N) is 2. The van der Waals surface area contributed by atoms with Gasteiger partial charge in [-0.05, 0) is 12.1 Å². The molecule has 2 aromatic carbocycles. The van der Waals surface area contributed by atoms with Gasteiger partial charge in [0, 0.05) is 23.6 Å². The molecule has 32 heavy (non-hydrogen) atoms. The average molecular weight is 482 g/mol. The van der Waals surface area contributed by atoms with Crippen molar-refractivity contribution in [3.63, 3.8) is 0 Å². The van der Waals surface area contributed by atoms with Crippen molar-refractivity contribution in [2.75, 3.05) is 22.1 Å². The number of aliphatic carboxylic acids is 2. The van der Waals surface area contributed by atoms with E-state index in [4.69, 9.17) is 0 Å². The lowest BCUT2D eigenvalue weighted by Gasteiger charge is -2.17. The Kier molecular flexibility index (Phi) is 9.09. The van der Waals surface area contributed by atoms with E-state index >= 15 is 0 Å². The van der Waals surface area contributed by atoms with Crippen LogP contribution < -0.4 is 10.6 Å². The number of hydrogen-bond acceptors (Lipinski definition) is 10. The lowest BCUT2D eigenvalue weighted by atomic mass is 10.2. The predicted octanol–water partition coefficient (Wildman–Crippen LogP) is 3.31. The van der Waals surface area contributed by atoms with Gasteiger partial charge in [0.25, 0.3) is 11.4 Å². The molecule has 4 N–H and O–H groups in total. The Hall–Kier alpha value is -3.52. The Balaban J connectivity index is 1.96. The van der Waals surface area contributed by atoms with E-state index < -0.39 is 33.9 Å². The lowest BCUT2D eigenvalue weighted by molar-refractivity contribution is -0.384. The summed E-state index contributed by atoms with van der Waals surface area (Å²) in [6.45, 7) is 0. The fourth-order valence-electron chi connectivity index (χ4n) is 2.47. The van der Waals surface area contributed by atoms with Crippen molar-refractivity contribution in [2.24, 2.45) is 0 Å². The summed E-state index contributed by atoms with van der Waals surface area (Å²) < 4.78 is 0. The van der Waals surface area contributed by atoms with Crippen molar-refractivity contribution in [2.45, 2.75) is 12.1 Å². The van der Waals surface area contributed by atoms with Crippen molar-refractivity contribution in [3.8, 4) is 0 Å². The number of rotatable bonds is 13.